The number of hydrogen-bond donors (Lipinski definition) is 1. The third-order valence-corrected chi connectivity index (χ3v) is 5.14. The first-order chi connectivity index (χ1) is 11.0. The van der Waals surface area contributed by atoms with Gasteiger partial charge in [-0.3, -0.25) is 0 Å². The van der Waals surface area contributed by atoms with Crippen LogP contribution in [0.4, 0.5) is 5.69 Å². The van der Waals surface area contributed by atoms with Crippen molar-refractivity contribution in [2.45, 2.75) is 33.1 Å². The second kappa shape index (κ2) is 6.71. The maximum Gasteiger partial charge on any atom is 0.173 e. The summed E-state index contributed by atoms with van der Waals surface area (Å²) in [6.07, 6.45) is 1.16. The molecule has 23 heavy (non-hydrogen) atoms. The quantitative estimate of drug-likeness (QED) is 0.799. The van der Waals surface area contributed by atoms with Crippen LogP contribution in [0.25, 0.3) is 0 Å². The molecule has 0 bridgehead atoms. The number of benzene rings is 2. The van der Waals surface area contributed by atoms with E-state index in [9.17, 15) is 0 Å². The Morgan fingerprint density at radius 3 is 2.48 bits per heavy atom. The van der Waals surface area contributed by atoms with Crippen LogP contribution in [0.3, 0.4) is 0 Å². The number of anilines is 1. The maximum absolute atomic E-state index is 5.61. The summed E-state index contributed by atoms with van der Waals surface area (Å²) in [6, 6.07) is 15.3. The Bertz CT molecular complexity index is 706. The first-order valence-electron chi connectivity index (χ1n) is 8.22. The Morgan fingerprint density at radius 1 is 1.04 bits per heavy atom. The Balaban J connectivity index is 1.63. The van der Waals surface area contributed by atoms with Crippen molar-refractivity contribution in [1.82, 2.24) is 4.90 Å². The fraction of sp³-hybridized carbons (Fsp3) is 0.350. The molecule has 1 N–H and O–H groups in total. The van der Waals surface area contributed by atoms with Crippen molar-refractivity contribution in [2.75, 3.05) is 18.4 Å². The summed E-state index contributed by atoms with van der Waals surface area (Å²) in [7, 11) is 0. The van der Waals surface area contributed by atoms with Crippen LogP contribution < -0.4 is 5.32 Å². The van der Waals surface area contributed by atoms with E-state index in [0.29, 0.717) is 5.92 Å². The molecular formula is C20H24N2S. The first kappa shape index (κ1) is 16.0. The van der Waals surface area contributed by atoms with Crippen LogP contribution in [-0.4, -0.2) is 23.1 Å². The smallest absolute Gasteiger partial charge is 0.173 e. The average molecular weight is 324 g/mol. The maximum atomic E-state index is 5.61. The van der Waals surface area contributed by atoms with Gasteiger partial charge in [-0.1, -0.05) is 35.9 Å². The van der Waals surface area contributed by atoms with Gasteiger partial charge in [0.2, 0.25) is 0 Å². The van der Waals surface area contributed by atoms with E-state index in [-0.39, 0.29) is 0 Å². The molecule has 0 spiro atoms. The van der Waals surface area contributed by atoms with E-state index < -0.39 is 0 Å². The first-order valence-corrected chi connectivity index (χ1v) is 8.63. The van der Waals surface area contributed by atoms with Gasteiger partial charge in [0.15, 0.2) is 5.11 Å². The number of likely N-dealkylation sites (tertiary alicyclic amines) is 1. The van der Waals surface area contributed by atoms with Gasteiger partial charge in [-0.2, -0.15) is 0 Å². The molecule has 1 heterocycles. The lowest BCUT2D eigenvalue weighted by Gasteiger charge is -2.21. The minimum Gasteiger partial charge on any atom is -0.348 e. The molecule has 1 aliphatic heterocycles. The van der Waals surface area contributed by atoms with Crippen LogP contribution in [0, 0.1) is 20.8 Å². The lowest BCUT2D eigenvalue weighted by molar-refractivity contribution is 0.518. The number of hydrogen-bond acceptors (Lipinski definition) is 1. The van der Waals surface area contributed by atoms with Gasteiger partial charge >= 0.3 is 0 Å². The minimum absolute atomic E-state index is 0.579. The monoisotopic (exact) mass is 324 g/mol. The molecule has 1 aliphatic rings. The summed E-state index contributed by atoms with van der Waals surface area (Å²) in [5.41, 5.74) is 6.42. The van der Waals surface area contributed by atoms with E-state index in [2.05, 4.69) is 73.5 Å². The van der Waals surface area contributed by atoms with Crippen molar-refractivity contribution >= 4 is 23.0 Å². The van der Waals surface area contributed by atoms with Crippen LogP contribution in [0.1, 0.15) is 34.6 Å². The highest BCUT2D eigenvalue weighted by Gasteiger charge is 2.25. The molecule has 0 radical (unpaired) electrons. The van der Waals surface area contributed by atoms with E-state index in [1.807, 2.05) is 0 Å². The molecule has 2 aromatic rings. The number of rotatable bonds is 2. The van der Waals surface area contributed by atoms with Crippen molar-refractivity contribution in [3.8, 4) is 0 Å². The standard InChI is InChI=1S/C20H24N2S/c1-14-4-7-17(8-5-14)18-10-11-22(13-18)20(23)21-19-9-6-15(2)16(3)12-19/h4-9,12,18H,10-11,13H2,1-3H3,(H,21,23)/t18-/m0/s1. The van der Waals surface area contributed by atoms with E-state index in [1.54, 1.807) is 0 Å². The molecule has 0 saturated carbocycles. The largest absolute Gasteiger partial charge is 0.348 e. The van der Waals surface area contributed by atoms with Crippen LogP contribution >= 0.6 is 12.2 Å². The normalized spacial score (nSPS) is 17.3. The SMILES string of the molecule is Cc1ccc([C@H]2CCN(C(=S)Nc3ccc(C)c(C)c3)C2)cc1. The fourth-order valence-electron chi connectivity index (χ4n) is 3.08. The van der Waals surface area contributed by atoms with E-state index in [1.165, 1.54) is 22.3 Å². The predicted molar refractivity (Wildman–Crippen MR) is 102 cm³/mol. The minimum atomic E-state index is 0.579. The van der Waals surface area contributed by atoms with Gasteiger partial charge in [0.25, 0.3) is 0 Å². The lowest BCUT2D eigenvalue weighted by atomic mass is 9.98. The van der Waals surface area contributed by atoms with Gasteiger partial charge in [0.1, 0.15) is 0 Å². The summed E-state index contributed by atoms with van der Waals surface area (Å²) in [4.78, 5) is 2.29. The summed E-state index contributed by atoms with van der Waals surface area (Å²) in [5.74, 6) is 0.579. The molecule has 3 heteroatoms. The van der Waals surface area contributed by atoms with E-state index >= 15 is 0 Å². The third-order valence-electron chi connectivity index (χ3n) is 4.78. The molecule has 2 nitrogen and oxygen atoms in total. The third kappa shape index (κ3) is 3.73. The molecule has 0 aliphatic carbocycles. The molecule has 0 aromatic heterocycles. The van der Waals surface area contributed by atoms with Gasteiger partial charge in [-0.25, -0.2) is 0 Å². The molecule has 120 valence electrons. The zero-order chi connectivity index (χ0) is 16.4. The Hall–Kier alpha value is -1.87. The molecule has 2 aromatic carbocycles. The Morgan fingerprint density at radius 2 is 1.78 bits per heavy atom. The molecule has 1 fully saturated rings. The number of nitrogens with zero attached hydrogens (tertiary/aromatic N) is 1. The summed E-state index contributed by atoms with van der Waals surface area (Å²) in [5, 5.41) is 4.23. The van der Waals surface area contributed by atoms with E-state index in [4.69, 9.17) is 12.2 Å². The van der Waals surface area contributed by atoms with Crippen LogP contribution in [0.5, 0.6) is 0 Å². The lowest BCUT2D eigenvalue weighted by Crippen LogP contribution is -2.32. The van der Waals surface area contributed by atoms with Crippen LogP contribution in [0.15, 0.2) is 42.5 Å². The van der Waals surface area contributed by atoms with Crippen molar-refractivity contribution in [3.63, 3.8) is 0 Å². The van der Waals surface area contributed by atoms with Crippen molar-refractivity contribution in [3.05, 3.63) is 64.7 Å². The van der Waals surface area contributed by atoms with Crippen LogP contribution in [-0.2, 0) is 0 Å². The Kier molecular flexibility index (Phi) is 4.67. The number of aryl methyl sites for hydroxylation is 3. The van der Waals surface area contributed by atoms with Crippen LogP contribution in [0.2, 0.25) is 0 Å². The highest BCUT2D eigenvalue weighted by molar-refractivity contribution is 7.80. The fourth-order valence-corrected chi connectivity index (χ4v) is 3.36. The van der Waals surface area contributed by atoms with E-state index in [0.717, 1.165) is 30.3 Å². The van der Waals surface area contributed by atoms with Gasteiger partial charge in [0, 0.05) is 24.7 Å². The topological polar surface area (TPSA) is 15.3 Å². The molecule has 0 unspecified atom stereocenters. The Labute approximate surface area is 144 Å². The number of thiocarbonyl (C=S) groups is 1. The summed E-state index contributed by atoms with van der Waals surface area (Å²) in [6.45, 7) is 8.42. The molecule has 1 saturated heterocycles. The van der Waals surface area contributed by atoms with Crippen molar-refractivity contribution in [1.29, 1.82) is 0 Å². The summed E-state index contributed by atoms with van der Waals surface area (Å²) >= 11 is 5.61. The second-order valence-corrected chi connectivity index (χ2v) is 6.96. The zero-order valence-corrected chi connectivity index (χ0v) is 14.9. The van der Waals surface area contributed by atoms with Gasteiger partial charge in [-0.05, 0) is 68.2 Å². The molecular weight excluding hydrogens is 300 g/mol. The zero-order valence-electron chi connectivity index (χ0n) is 14.1. The number of nitrogens with one attached hydrogen (secondary N) is 1. The second-order valence-electron chi connectivity index (χ2n) is 6.57. The van der Waals surface area contributed by atoms with Crippen molar-refractivity contribution in [2.24, 2.45) is 0 Å². The van der Waals surface area contributed by atoms with Crippen molar-refractivity contribution < 1.29 is 0 Å². The molecule has 1 atom stereocenters. The van der Waals surface area contributed by atoms with Gasteiger partial charge in [-0.15, -0.1) is 0 Å². The molecule has 0 amide bonds. The molecule has 3 rings (SSSR count). The van der Waals surface area contributed by atoms with Gasteiger partial charge < -0.3 is 10.2 Å². The summed E-state index contributed by atoms with van der Waals surface area (Å²) < 4.78 is 0. The highest BCUT2D eigenvalue weighted by Crippen LogP contribution is 2.28. The van der Waals surface area contributed by atoms with Gasteiger partial charge in [0.05, 0.1) is 0 Å². The highest BCUT2D eigenvalue weighted by atomic mass is 32.1. The predicted octanol–water partition coefficient (Wildman–Crippen LogP) is 4.80. The average Bonchev–Trinajstić information content (AvgIpc) is 3.02.